The number of carboxylic acid groups (broad SMARTS) is 1. The number of carboxylic acids is 1. The Morgan fingerprint density at radius 2 is 1.75 bits per heavy atom. The summed E-state index contributed by atoms with van der Waals surface area (Å²) in [5.41, 5.74) is 1.05. The molecule has 2 aliphatic rings. The molecule has 0 spiro atoms. The first-order chi connectivity index (χ1) is 15.5. The van der Waals surface area contributed by atoms with Crippen LogP contribution in [0.3, 0.4) is 0 Å². The van der Waals surface area contributed by atoms with Crippen LogP contribution in [0.5, 0.6) is 11.5 Å². The fourth-order valence-electron chi connectivity index (χ4n) is 4.68. The Morgan fingerprint density at radius 3 is 2.41 bits per heavy atom. The van der Waals surface area contributed by atoms with Gasteiger partial charge in [0.1, 0.15) is 30.8 Å². The Balaban J connectivity index is 1.24. The van der Waals surface area contributed by atoms with Gasteiger partial charge in [-0.15, -0.1) is 0 Å². The molecule has 172 valence electrons. The van der Waals surface area contributed by atoms with E-state index in [1.165, 1.54) is 31.2 Å². The molecule has 1 saturated heterocycles. The maximum absolute atomic E-state index is 11.7. The van der Waals surface area contributed by atoms with E-state index in [9.17, 15) is 15.0 Å². The van der Waals surface area contributed by atoms with Gasteiger partial charge in [-0.1, -0.05) is 37.1 Å². The third kappa shape index (κ3) is 5.61. The van der Waals surface area contributed by atoms with Crippen LogP contribution >= 0.6 is 0 Å². The second-order valence-electron chi connectivity index (χ2n) is 8.90. The molecule has 4 rings (SSSR count). The van der Waals surface area contributed by atoms with Crippen LogP contribution in [-0.2, 0) is 16.0 Å². The molecule has 0 radical (unpaired) electrons. The Labute approximate surface area is 189 Å². The topological polar surface area (TPSA) is 85.2 Å². The summed E-state index contributed by atoms with van der Waals surface area (Å²) in [6, 6.07) is 15.5. The lowest BCUT2D eigenvalue weighted by Gasteiger charge is -2.23. The van der Waals surface area contributed by atoms with Crippen LogP contribution < -0.4 is 9.47 Å². The highest BCUT2D eigenvalue weighted by molar-refractivity contribution is 5.78. The fraction of sp³-hybridized carbons (Fsp3) is 0.500. The van der Waals surface area contributed by atoms with Gasteiger partial charge in [-0.25, -0.2) is 4.79 Å². The normalized spacial score (nSPS) is 22.0. The van der Waals surface area contributed by atoms with Crippen molar-refractivity contribution in [2.45, 2.75) is 62.6 Å². The van der Waals surface area contributed by atoms with Crippen molar-refractivity contribution in [1.82, 2.24) is 0 Å². The lowest BCUT2D eigenvalue weighted by Crippen LogP contribution is -2.40. The summed E-state index contributed by atoms with van der Waals surface area (Å²) >= 11 is 0. The zero-order valence-corrected chi connectivity index (χ0v) is 18.4. The van der Waals surface area contributed by atoms with Gasteiger partial charge in [-0.3, -0.25) is 0 Å². The number of aliphatic hydroxyl groups is 1. The highest BCUT2D eigenvalue weighted by atomic mass is 16.5. The Kier molecular flexibility index (Phi) is 7.33. The minimum Gasteiger partial charge on any atom is -0.491 e. The summed E-state index contributed by atoms with van der Waals surface area (Å²) in [4.78, 5) is 11.7. The Morgan fingerprint density at radius 1 is 1.03 bits per heavy atom. The van der Waals surface area contributed by atoms with Crippen molar-refractivity contribution in [3.63, 3.8) is 0 Å². The molecule has 1 heterocycles. The summed E-state index contributed by atoms with van der Waals surface area (Å²) in [6.45, 7) is 0.695. The standard InChI is InChI=1S/C26H32O6/c27-22(17-30-23-11-9-21(10-12-23)20-6-1-2-7-20)18-31-24-8-3-5-19(15-24)16-26(25(28)29)13-4-14-32-26/h3,5,8-12,15,20,22,27H,1-2,4,6-7,13-14,16-18H2,(H,28,29)/t22-,26?/m1/s1. The smallest absolute Gasteiger partial charge is 0.336 e. The highest BCUT2D eigenvalue weighted by Gasteiger charge is 2.42. The summed E-state index contributed by atoms with van der Waals surface area (Å²) in [7, 11) is 0. The second-order valence-corrected chi connectivity index (χ2v) is 8.90. The average Bonchev–Trinajstić information content (AvgIpc) is 3.50. The minimum atomic E-state index is -1.15. The van der Waals surface area contributed by atoms with E-state index in [1.54, 1.807) is 6.07 Å². The minimum absolute atomic E-state index is 0.0875. The first kappa shape index (κ1) is 22.6. The van der Waals surface area contributed by atoms with Gasteiger partial charge in [0, 0.05) is 13.0 Å². The van der Waals surface area contributed by atoms with Crippen LogP contribution in [0.1, 0.15) is 55.6 Å². The van der Waals surface area contributed by atoms with Gasteiger partial charge in [0.25, 0.3) is 0 Å². The zero-order valence-electron chi connectivity index (χ0n) is 18.4. The number of carbonyl (C=O) groups is 1. The van der Waals surface area contributed by atoms with E-state index in [4.69, 9.17) is 14.2 Å². The first-order valence-corrected chi connectivity index (χ1v) is 11.5. The molecule has 2 atom stereocenters. The number of hydrogen-bond donors (Lipinski definition) is 2. The van der Waals surface area contributed by atoms with Crippen LogP contribution in [-0.4, -0.2) is 47.7 Å². The fourth-order valence-corrected chi connectivity index (χ4v) is 4.68. The number of ether oxygens (including phenoxy) is 3. The molecule has 6 heteroatoms. The maximum Gasteiger partial charge on any atom is 0.336 e. The molecule has 0 amide bonds. The number of aliphatic hydroxyl groups excluding tert-OH is 1. The van der Waals surface area contributed by atoms with Gasteiger partial charge in [-0.05, 0) is 67.0 Å². The monoisotopic (exact) mass is 440 g/mol. The first-order valence-electron chi connectivity index (χ1n) is 11.5. The summed E-state index contributed by atoms with van der Waals surface area (Å²) in [5.74, 6) is 1.07. The molecule has 2 fully saturated rings. The molecule has 2 N–H and O–H groups in total. The van der Waals surface area contributed by atoms with Crippen molar-refractivity contribution in [1.29, 1.82) is 0 Å². The molecule has 1 aliphatic carbocycles. The van der Waals surface area contributed by atoms with Crippen molar-refractivity contribution < 1.29 is 29.2 Å². The van der Waals surface area contributed by atoms with Gasteiger partial charge in [0.15, 0.2) is 5.60 Å². The average molecular weight is 441 g/mol. The van der Waals surface area contributed by atoms with Crippen molar-refractivity contribution in [3.8, 4) is 11.5 Å². The van der Waals surface area contributed by atoms with Gasteiger partial charge in [0.05, 0.1) is 0 Å². The Hall–Kier alpha value is -2.57. The lowest BCUT2D eigenvalue weighted by molar-refractivity contribution is -0.159. The maximum atomic E-state index is 11.7. The van der Waals surface area contributed by atoms with Crippen LogP contribution in [0.4, 0.5) is 0 Å². The predicted octanol–water partition coefficient (Wildman–Crippen LogP) is 4.34. The van der Waals surface area contributed by atoms with E-state index >= 15 is 0 Å². The molecule has 6 nitrogen and oxygen atoms in total. The van der Waals surface area contributed by atoms with E-state index in [0.29, 0.717) is 31.1 Å². The lowest BCUT2D eigenvalue weighted by atomic mass is 9.91. The molecular weight excluding hydrogens is 408 g/mol. The van der Waals surface area contributed by atoms with E-state index < -0.39 is 17.7 Å². The van der Waals surface area contributed by atoms with E-state index in [0.717, 1.165) is 17.7 Å². The third-order valence-corrected chi connectivity index (χ3v) is 6.47. The molecule has 1 saturated carbocycles. The quantitative estimate of drug-likeness (QED) is 0.572. The van der Waals surface area contributed by atoms with Gasteiger partial charge < -0.3 is 24.4 Å². The van der Waals surface area contributed by atoms with Crippen LogP contribution in [0.15, 0.2) is 48.5 Å². The predicted molar refractivity (Wildman–Crippen MR) is 120 cm³/mol. The number of benzene rings is 2. The largest absolute Gasteiger partial charge is 0.491 e. The van der Waals surface area contributed by atoms with E-state index in [2.05, 4.69) is 12.1 Å². The number of rotatable bonds is 10. The number of aliphatic carboxylic acids is 1. The van der Waals surface area contributed by atoms with Crippen molar-refractivity contribution in [3.05, 3.63) is 59.7 Å². The van der Waals surface area contributed by atoms with Crippen molar-refractivity contribution in [2.75, 3.05) is 19.8 Å². The Bertz CT molecular complexity index is 881. The van der Waals surface area contributed by atoms with Gasteiger partial charge >= 0.3 is 5.97 Å². The van der Waals surface area contributed by atoms with Crippen molar-refractivity contribution >= 4 is 5.97 Å². The molecule has 2 aromatic carbocycles. The summed E-state index contributed by atoms with van der Waals surface area (Å²) in [5, 5.41) is 19.9. The molecule has 32 heavy (non-hydrogen) atoms. The zero-order chi connectivity index (χ0) is 22.4. The summed E-state index contributed by atoms with van der Waals surface area (Å²) < 4.78 is 17.0. The molecule has 1 unspecified atom stereocenters. The van der Waals surface area contributed by atoms with Gasteiger partial charge in [0.2, 0.25) is 0 Å². The van der Waals surface area contributed by atoms with Crippen LogP contribution in [0.25, 0.3) is 0 Å². The second kappa shape index (κ2) is 10.4. The van der Waals surface area contributed by atoms with E-state index in [-0.39, 0.29) is 13.2 Å². The van der Waals surface area contributed by atoms with Crippen LogP contribution in [0, 0.1) is 0 Å². The highest BCUT2D eigenvalue weighted by Crippen LogP contribution is 2.34. The van der Waals surface area contributed by atoms with Crippen molar-refractivity contribution in [2.24, 2.45) is 0 Å². The molecule has 2 aromatic rings. The van der Waals surface area contributed by atoms with Crippen LogP contribution in [0.2, 0.25) is 0 Å². The van der Waals surface area contributed by atoms with Gasteiger partial charge in [-0.2, -0.15) is 0 Å². The molecular formula is C26H32O6. The number of hydrogen-bond acceptors (Lipinski definition) is 5. The third-order valence-electron chi connectivity index (χ3n) is 6.47. The van der Waals surface area contributed by atoms with E-state index in [1.807, 2.05) is 30.3 Å². The summed E-state index contributed by atoms with van der Waals surface area (Å²) in [6.07, 6.45) is 5.92. The molecule has 1 aliphatic heterocycles. The molecule has 0 aromatic heterocycles. The SMILES string of the molecule is O=C(O)C1(Cc2cccc(OC[C@H](O)COc3ccc(C4CCCC4)cc3)c2)CCCO1. The molecule has 0 bridgehead atoms.